The SMILES string of the molecule is Cc1cc(N=Nc2scc[n+]2C)ccc1N(C)CCCCCN(C)c1ccc(N=Nc2scc[n+]2C)cc1C. The van der Waals surface area contributed by atoms with Gasteiger partial charge in [-0.25, -0.2) is 9.13 Å². The van der Waals surface area contributed by atoms with Gasteiger partial charge in [0.25, 0.3) is 0 Å². The van der Waals surface area contributed by atoms with Crippen LogP contribution in [0.1, 0.15) is 30.4 Å². The molecule has 0 fully saturated rings. The van der Waals surface area contributed by atoms with Crippen LogP contribution >= 0.6 is 22.7 Å². The largest absolute Gasteiger partial charge is 0.408 e. The van der Waals surface area contributed by atoms with Gasteiger partial charge in [0.2, 0.25) is 0 Å². The maximum absolute atomic E-state index is 4.41. The van der Waals surface area contributed by atoms with Gasteiger partial charge in [-0.1, -0.05) is 0 Å². The molecule has 2 aromatic heterocycles. The van der Waals surface area contributed by atoms with Gasteiger partial charge in [-0.3, -0.25) is 0 Å². The summed E-state index contributed by atoms with van der Waals surface area (Å²) in [5.74, 6) is 0. The second-order valence-electron chi connectivity index (χ2n) is 9.84. The van der Waals surface area contributed by atoms with E-state index in [0.717, 1.165) is 47.6 Å². The fourth-order valence-corrected chi connectivity index (χ4v) is 5.78. The molecule has 0 spiro atoms. The Bertz CT molecular complexity index is 1330. The van der Waals surface area contributed by atoms with Gasteiger partial charge in [0, 0.05) is 49.3 Å². The van der Waals surface area contributed by atoms with Crippen molar-refractivity contribution in [3.05, 3.63) is 70.7 Å². The van der Waals surface area contributed by atoms with Crippen LogP contribution in [0.15, 0.2) is 80.0 Å². The maximum Gasteiger partial charge on any atom is 0.408 e. The van der Waals surface area contributed by atoms with Crippen molar-refractivity contribution in [1.29, 1.82) is 0 Å². The van der Waals surface area contributed by atoms with Crippen LogP contribution in [-0.2, 0) is 14.1 Å². The molecule has 0 N–H and O–H groups in total. The number of nitrogens with zero attached hydrogens (tertiary/aromatic N) is 8. The van der Waals surface area contributed by atoms with Gasteiger partial charge in [-0.2, -0.15) is 0 Å². The molecule has 0 amide bonds. The van der Waals surface area contributed by atoms with E-state index in [9.17, 15) is 0 Å². The number of hydrogen-bond donors (Lipinski definition) is 0. The summed E-state index contributed by atoms with van der Waals surface area (Å²) in [7, 11) is 8.29. The zero-order valence-electron chi connectivity index (χ0n) is 23.7. The minimum atomic E-state index is 0.879. The number of benzene rings is 2. The van der Waals surface area contributed by atoms with E-state index in [-0.39, 0.29) is 0 Å². The number of thiazole rings is 2. The minimum Gasteiger partial charge on any atom is -0.374 e. The molecule has 0 radical (unpaired) electrons. The van der Waals surface area contributed by atoms with Gasteiger partial charge >= 0.3 is 10.3 Å². The average Bonchev–Trinajstić information content (AvgIpc) is 3.52. The van der Waals surface area contributed by atoms with Crippen LogP contribution in [-0.4, -0.2) is 27.2 Å². The number of hydrogen-bond acceptors (Lipinski definition) is 8. The fraction of sp³-hybridized carbons (Fsp3) is 0.379. The predicted octanol–water partition coefficient (Wildman–Crippen LogP) is 7.65. The topological polar surface area (TPSA) is 63.7 Å². The summed E-state index contributed by atoms with van der Waals surface area (Å²) in [6.07, 6.45) is 7.46. The highest BCUT2D eigenvalue weighted by Gasteiger charge is 2.11. The summed E-state index contributed by atoms with van der Waals surface area (Å²) < 4.78 is 3.94. The van der Waals surface area contributed by atoms with Crippen molar-refractivity contribution in [2.24, 2.45) is 34.6 Å². The third kappa shape index (κ3) is 7.77. The molecule has 0 aliphatic carbocycles. The van der Waals surface area contributed by atoms with Gasteiger partial charge in [0.05, 0.1) is 24.3 Å². The Morgan fingerprint density at radius 3 is 1.44 bits per heavy atom. The van der Waals surface area contributed by atoms with E-state index in [4.69, 9.17) is 0 Å². The number of aryl methyl sites for hydroxylation is 4. The summed E-state index contributed by atoms with van der Waals surface area (Å²) in [6.45, 7) is 6.33. The standard InChI is InChI=1S/C29H38N8S2/c1-22-20-24(30-32-28-36(5)16-18-38-28)10-12-26(22)34(3)14-8-7-9-15-35(4)27-13-11-25(21-23(27)2)31-33-29-37(6)17-19-39-29/h10-13,16-21H,7-9,14-15H2,1-6H3/q+2. The molecule has 10 heteroatoms. The summed E-state index contributed by atoms with van der Waals surface area (Å²) in [4.78, 5) is 4.68. The Kier molecular flexibility index (Phi) is 9.89. The first-order valence-corrected chi connectivity index (χ1v) is 14.9. The quantitative estimate of drug-likeness (QED) is 0.101. The lowest BCUT2D eigenvalue weighted by Crippen LogP contribution is -2.23. The molecule has 0 unspecified atom stereocenters. The molecule has 0 atom stereocenters. The molecular formula is C29H38N8S2+2. The van der Waals surface area contributed by atoms with Crippen molar-refractivity contribution in [2.45, 2.75) is 33.1 Å². The van der Waals surface area contributed by atoms with E-state index in [2.05, 4.69) is 82.5 Å². The van der Waals surface area contributed by atoms with Gasteiger partial charge in [-0.15, -0.1) is 0 Å². The van der Waals surface area contributed by atoms with E-state index < -0.39 is 0 Å². The van der Waals surface area contributed by atoms with Crippen LogP contribution in [0.25, 0.3) is 0 Å². The van der Waals surface area contributed by atoms with Crippen LogP contribution in [0.3, 0.4) is 0 Å². The third-order valence-corrected chi connectivity index (χ3v) is 8.37. The van der Waals surface area contributed by atoms with Gasteiger partial charge in [0.15, 0.2) is 0 Å². The smallest absolute Gasteiger partial charge is 0.374 e. The third-order valence-electron chi connectivity index (χ3n) is 6.69. The lowest BCUT2D eigenvalue weighted by atomic mass is 10.1. The normalized spacial score (nSPS) is 11.6. The van der Waals surface area contributed by atoms with E-state index in [1.165, 1.54) is 28.9 Å². The van der Waals surface area contributed by atoms with Gasteiger partial charge in [0.1, 0.15) is 23.8 Å². The number of azo groups is 2. The van der Waals surface area contributed by atoms with Crippen LogP contribution in [0.2, 0.25) is 0 Å². The van der Waals surface area contributed by atoms with Crippen molar-refractivity contribution in [3.63, 3.8) is 0 Å². The summed E-state index contributed by atoms with van der Waals surface area (Å²) in [5.41, 5.74) is 6.68. The Morgan fingerprint density at radius 2 is 1.08 bits per heavy atom. The zero-order valence-corrected chi connectivity index (χ0v) is 25.3. The van der Waals surface area contributed by atoms with Crippen molar-refractivity contribution in [3.8, 4) is 0 Å². The maximum atomic E-state index is 4.41. The Labute approximate surface area is 239 Å². The van der Waals surface area contributed by atoms with Crippen LogP contribution in [0, 0.1) is 13.8 Å². The number of aromatic nitrogens is 2. The molecule has 0 bridgehead atoms. The molecule has 4 rings (SSSR count). The molecule has 0 aliphatic heterocycles. The Morgan fingerprint density at radius 1 is 0.641 bits per heavy atom. The van der Waals surface area contributed by atoms with Crippen LogP contribution in [0.4, 0.5) is 33.0 Å². The second kappa shape index (κ2) is 13.5. The number of rotatable bonds is 12. The zero-order chi connectivity index (χ0) is 27.8. The Balaban J connectivity index is 1.21. The second-order valence-corrected chi connectivity index (χ2v) is 11.6. The van der Waals surface area contributed by atoms with E-state index in [1.807, 2.05) is 58.5 Å². The molecule has 0 aliphatic rings. The average molecular weight is 563 g/mol. The number of unbranched alkanes of at least 4 members (excludes halogenated alkanes) is 2. The highest BCUT2D eigenvalue weighted by molar-refractivity contribution is 7.13. The minimum absolute atomic E-state index is 0.879. The fourth-order valence-electron chi connectivity index (χ4n) is 4.42. The highest BCUT2D eigenvalue weighted by Crippen LogP contribution is 2.28. The first kappa shape index (κ1) is 28.5. The van der Waals surface area contributed by atoms with Crippen LogP contribution in [0.5, 0.6) is 0 Å². The number of anilines is 2. The van der Waals surface area contributed by atoms with E-state index >= 15 is 0 Å². The molecule has 8 nitrogen and oxygen atoms in total. The first-order chi connectivity index (χ1) is 18.8. The van der Waals surface area contributed by atoms with Gasteiger partial charge < -0.3 is 9.80 Å². The molecule has 0 saturated heterocycles. The van der Waals surface area contributed by atoms with Crippen molar-refractivity contribution < 1.29 is 9.13 Å². The lowest BCUT2D eigenvalue weighted by molar-refractivity contribution is -0.654. The molecule has 2 heterocycles. The first-order valence-electron chi connectivity index (χ1n) is 13.1. The molecule has 0 saturated carbocycles. The van der Waals surface area contributed by atoms with Crippen LogP contribution < -0.4 is 18.9 Å². The van der Waals surface area contributed by atoms with Crippen molar-refractivity contribution in [1.82, 2.24) is 0 Å². The van der Waals surface area contributed by atoms with Crippen molar-refractivity contribution >= 4 is 55.7 Å². The lowest BCUT2D eigenvalue weighted by Gasteiger charge is -2.23. The Hall–Kier alpha value is -3.50. The predicted molar refractivity (Wildman–Crippen MR) is 162 cm³/mol. The summed E-state index contributed by atoms with van der Waals surface area (Å²) in [6, 6.07) is 12.6. The van der Waals surface area contributed by atoms with Crippen molar-refractivity contribution in [2.75, 3.05) is 37.0 Å². The molecule has 204 valence electrons. The summed E-state index contributed by atoms with van der Waals surface area (Å²) >= 11 is 3.16. The molecule has 4 aromatic rings. The molecule has 39 heavy (non-hydrogen) atoms. The van der Waals surface area contributed by atoms with E-state index in [1.54, 1.807) is 22.7 Å². The highest BCUT2D eigenvalue weighted by atomic mass is 32.1. The summed E-state index contributed by atoms with van der Waals surface area (Å²) in [5, 5.41) is 23.4. The molecular weight excluding hydrogens is 525 g/mol. The van der Waals surface area contributed by atoms with Gasteiger partial charge in [-0.05, 0) is 114 Å². The van der Waals surface area contributed by atoms with E-state index in [0.29, 0.717) is 0 Å². The monoisotopic (exact) mass is 562 g/mol. The molecule has 2 aromatic carbocycles.